The van der Waals surface area contributed by atoms with Gasteiger partial charge in [0, 0.05) is 22.3 Å². The highest BCUT2D eigenvalue weighted by Crippen LogP contribution is 2.19. The summed E-state index contributed by atoms with van der Waals surface area (Å²) in [6, 6.07) is 6.80. The molecule has 0 bridgehead atoms. The molecule has 0 saturated carbocycles. The van der Waals surface area contributed by atoms with E-state index in [2.05, 4.69) is 30.8 Å². The zero-order chi connectivity index (χ0) is 13.2. The molecule has 0 spiro atoms. The second-order valence-corrected chi connectivity index (χ2v) is 6.08. The molecule has 0 saturated heterocycles. The maximum Gasteiger partial charge on any atom is 0.279 e. The number of halogens is 1. The van der Waals surface area contributed by atoms with Gasteiger partial charge < -0.3 is 5.73 Å². The highest BCUT2D eigenvalue weighted by atomic mass is 79.9. The van der Waals surface area contributed by atoms with Crippen LogP contribution < -0.4 is 10.5 Å². The normalized spacial score (nSPS) is 11.4. The van der Waals surface area contributed by atoms with Crippen molar-refractivity contribution in [2.75, 3.05) is 4.72 Å². The molecule has 4 N–H and O–H groups in total. The Labute approximate surface area is 113 Å². The minimum absolute atomic E-state index is 0.00656. The SMILES string of the molecule is NCc1cn[nH]c1S(=O)(=O)Nc1ccc(Br)cc1. The van der Waals surface area contributed by atoms with Crippen LogP contribution in [0.4, 0.5) is 5.69 Å². The lowest BCUT2D eigenvalue weighted by atomic mass is 10.3. The molecule has 2 aromatic rings. The summed E-state index contributed by atoms with van der Waals surface area (Å²) in [7, 11) is -3.69. The van der Waals surface area contributed by atoms with Gasteiger partial charge in [0.15, 0.2) is 5.03 Å². The Kier molecular flexibility index (Phi) is 3.69. The number of aromatic nitrogens is 2. The van der Waals surface area contributed by atoms with E-state index >= 15 is 0 Å². The van der Waals surface area contributed by atoms with E-state index in [1.165, 1.54) is 6.20 Å². The lowest BCUT2D eigenvalue weighted by molar-refractivity contribution is 0.596. The molecule has 1 heterocycles. The monoisotopic (exact) mass is 330 g/mol. The largest absolute Gasteiger partial charge is 0.326 e. The highest BCUT2D eigenvalue weighted by Gasteiger charge is 2.20. The van der Waals surface area contributed by atoms with Gasteiger partial charge in [-0.3, -0.25) is 9.82 Å². The van der Waals surface area contributed by atoms with E-state index in [1.54, 1.807) is 24.3 Å². The lowest BCUT2D eigenvalue weighted by Crippen LogP contribution is -2.16. The van der Waals surface area contributed by atoms with Gasteiger partial charge in [-0.2, -0.15) is 13.5 Å². The summed E-state index contributed by atoms with van der Waals surface area (Å²) in [4.78, 5) is 0. The first-order chi connectivity index (χ1) is 8.53. The molecule has 6 nitrogen and oxygen atoms in total. The number of sulfonamides is 1. The van der Waals surface area contributed by atoms with Crippen molar-refractivity contribution in [3.05, 3.63) is 40.5 Å². The maximum absolute atomic E-state index is 12.1. The number of benzene rings is 1. The number of hydrogen-bond acceptors (Lipinski definition) is 4. The molecule has 8 heteroatoms. The second-order valence-electron chi connectivity index (χ2n) is 3.54. The van der Waals surface area contributed by atoms with E-state index < -0.39 is 10.0 Å². The predicted octanol–water partition coefficient (Wildman–Crippen LogP) is 1.43. The van der Waals surface area contributed by atoms with Crippen molar-refractivity contribution >= 4 is 31.6 Å². The number of nitrogens with two attached hydrogens (primary N) is 1. The van der Waals surface area contributed by atoms with Gasteiger partial charge in [-0.05, 0) is 24.3 Å². The van der Waals surface area contributed by atoms with Crippen LogP contribution in [0, 0.1) is 0 Å². The molecular formula is C10H11BrN4O2S. The molecule has 0 fully saturated rings. The number of H-pyrrole nitrogens is 1. The maximum atomic E-state index is 12.1. The third-order valence-corrected chi connectivity index (χ3v) is 4.19. The molecule has 2 rings (SSSR count). The molecular weight excluding hydrogens is 320 g/mol. The molecule has 0 atom stereocenters. The van der Waals surface area contributed by atoms with Crippen LogP contribution in [-0.2, 0) is 16.6 Å². The van der Waals surface area contributed by atoms with Crippen LogP contribution in [0.5, 0.6) is 0 Å². The Balaban J connectivity index is 2.30. The van der Waals surface area contributed by atoms with Crippen LogP contribution in [0.2, 0.25) is 0 Å². The van der Waals surface area contributed by atoms with Crippen LogP contribution >= 0.6 is 15.9 Å². The smallest absolute Gasteiger partial charge is 0.279 e. The van der Waals surface area contributed by atoms with E-state index in [0.717, 1.165) is 4.47 Å². The Morgan fingerprint density at radius 3 is 2.61 bits per heavy atom. The third kappa shape index (κ3) is 2.71. The van der Waals surface area contributed by atoms with Crippen molar-refractivity contribution in [1.82, 2.24) is 10.2 Å². The quantitative estimate of drug-likeness (QED) is 0.789. The molecule has 0 unspecified atom stereocenters. The first-order valence-corrected chi connectivity index (χ1v) is 7.31. The van der Waals surface area contributed by atoms with Crippen LogP contribution in [0.25, 0.3) is 0 Å². The summed E-state index contributed by atoms with van der Waals surface area (Å²) in [5, 5.41) is 6.12. The van der Waals surface area contributed by atoms with Gasteiger partial charge in [-0.1, -0.05) is 15.9 Å². The Morgan fingerprint density at radius 2 is 2.00 bits per heavy atom. The van der Waals surface area contributed by atoms with Gasteiger partial charge in [-0.15, -0.1) is 0 Å². The fourth-order valence-electron chi connectivity index (χ4n) is 1.40. The topological polar surface area (TPSA) is 101 Å². The minimum Gasteiger partial charge on any atom is -0.326 e. The summed E-state index contributed by atoms with van der Waals surface area (Å²) < 4.78 is 27.5. The number of nitrogens with zero attached hydrogens (tertiary/aromatic N) is 1. The summed E-state index contributed by atoms with van der Waals surface area (Å²) >= 11 is 3.28. The van der Waals surface area contributed by atoms with Gasteiger partial charge in [0.05, 0.1) is 6.20 Å². The van der Waals surface area contributed by atoms with E-state index in [0.29, 0.717) is 11.3 Å². The number of aromatic amines is 1. The number of rotatable bonds is 4. The van der Waals surface area contributed by atoms with E-state index in [1.807, 2.05) is 0 Å². The lowest BCUT2D eigenvalue weighted by Gasteiger charge is -2.07. The van der Waals surface area contributed by atoms with Crippen molar-refractivity contribution in [2.24, 2.45) is 5.73 Å². The van der Waals surface area contributed by atoms with E-state index in [9.17, 15) is 8.42 Å². The van der Waals surface area contributed by atoms with Crippen LogP contribution in [-0.4, -0.2) is 18.6 Å². The van der Waals surface area contributed by atoms with Crippen molar-refractivity contribution in [3.63, 3.8) is 0 Å². The average Bonchev–Trinajstić information content (AvgIpc) is 2.81. The zero-order valence-corrected chi connectivity index (χ0v) is 11.6. The van der Waals surface area contributed by atoms with Gasteiger partial charge in [-0.25, -0.2) is 0 Å². The molecule has 0 aliphatic rings. The summed E-state index contributed by atoms with van der Waals surface area (Å²) in [6.07, 6.45) is 1.40. The molecule has 0 aliphatic carbocycles. The number of anilines is 1. The predicted molar refractivity (Wildman–Crippen MR) is 71.4 cm³/mol. The molecule has 0 radical (unpaired) electrons. The van der Waals surface area contributed by atoms with Crippen molar-refractivity contribution in [2.45, 2.75) is 11.6 Å². The number of nitrogens with one attached hydrogen (secondary N) is 2. The molecule has 1 aromatic heterocycles. The van der Waals surface area contributed by atoms with E-state index in [-0.39, 0.29) is 11.6 Å². The summed E-state index contributed by atoms with van der Waals surface area (Å²) in [6.45, 7) is 0.104. The fourth-order valence-corrected chi connectivity index (χ4v) is 2.87. The van der Waals surface area contributed by atoms with Gasteiger partial charge >= 0.3 is 0 Å². The minimum atomic E-state index is -3.69. The summed E-state index contributed by atoms with van der Waals surface area (Å²) in [5.41, 5.74) is 6.36. The first-order valence-electron chi connectivity index (χ1n) is 5.03. The van der Waals surface area contributed by atoms with Crippen molar-refractivity contribution < 1.29 is 8.42 Å². The zero-order valence-electron chi connectivity index (χ0n) is 9.22. The number of hydrogen-bond donors (Lipinski definition) is 3. The van der Waals surface area contributed by atoms with Crippen LogP contribution in [0.15, 0.2) is 40.0 Å². The molecule has 96 valence electrons. The van der Waals surface area contributed by atoms with Gasteiger partial charge in [0.1, 0.15) is 0 Å². The van der Waals surface area contributed by atoms with Gasteiger partial charge in [0.25, 0.3) is 10.0 Å². The fraction of sp³-hybridized carbons (Fsp3) is 0.100. The Hall–Kier alpha value is -1.38. The molecule has 18 heavy (non-hydrogen) atoms. The average molecular weight is 331 g/mol. The standard InChI is InChI=1S/C10H11BrN4O2S/c11-8-1-3-9(4-2-8)15-18(16,17)10-7(5-12)6-13-14-10/h1-4,6,15H,5,12H2,(H,13,14). The van der Waals surface area contributed by atoms with Crippen LogP contribution in [0.1, 0.15) is 5.56 Å². The van der Waals surface area contributed by atoms with Crippen molar-refractivity contribution in [3.8, 4) is 0 Å². The molecule has 0 aliphatic heterocycles. The van der Waals surface area contributed by atoms with Crippen molar-refractivity contribution in [1.29, 1.82) is 0 Å². The third-order valence-electron chi connectivity index (χ3n) is 2.26. The Bertz CT molecular complexity index is 636. The Morgan fingerprint density at radius 1 is 1.33 bits per heavy atom. The van der Waals surface area contributed by atoms with Gasteiger partial charge in [0.2, 0.25) is 0 Å². The highest BCUT2D eigenvalue weighted by molar-refractivity contribution is 9.10. The second kappa shape index (κ2) is 5.09. The molecule has 1 aromatic carbocycles. The molecule has 0 amide bonds. The summed E-state index contributed by atoms with van der Waals surface area (Å²) in [5.74, 6) is 0. The van der Waals surface area contributed by atoms with Crippen LogP contribution in [0.3, 0.4) is 0 Å². The van der Waals surface area contributed by atoms with E-state index in [4.69, 9.17) is 5.73 Å². The first kappa shape index (κ1) is 13.1.